The van der Waals surface area contributed by atoms with Gasteiger partial charge in [0.25, 0.3) is 0 Å². The van der Waals surface area contributed by atoms with Crippen molar-refractivity contribution in [1.29, 1.82) is 0 Å². The Morgan fingerprint density at radius 2 is 1.83 bits per heavy atom. The van der Waals surface area contributed by atoms with Crippen molar-refractivity contribution in [2.24, 2.45) is 11.7 Å². The predicted octanol–water partition coefficient (Wildman–Crippen LogP) is 5.65. The van der Waals surface area contributed by atoms with Crippen LogP contribution in [0.3, 0.4) is 0 Å². The highest BCUT2D eigenvalue weighted by Crippen LogP contribution is 2.41. The standard InChI is InChI=1S/C25H32ClF3N6O/c1-34(2)22-17-6-3-4-9-20(17)32-24(33-22)31-16-12-10-15(11-13-16)14-35(23(30)36)21-18(25(27,28)29)7-5-8-19(21)26/h5,7-8,15-16H,3-4,6,9-14H2,1-2H3,(H2,30,36)(H,31,32,33). The van der Waals surface area contributed by atoms with Crippen LogP contribution in [-0.2, 0) is 19.0 Å². The molecule has 196 valence electrons. The number of aryl methyl sites for hydroxylation is 1. The van der Waals surface area contributed by atoms with Crippen LogP contribution in [0.15, 0.2) is 18.2 Å². The van der Waals surface area contributed by atoms with E-state index in [0.717, 1.165) is 73.8 Å². The van der Waals surface area contributed by atoms with Crippen molar-refractivity contribution < 1.29 is 18.0 Å². The van der Waals surface area contributed by atoms with Gasteiger partial charge in [0.05, 0.1) is 22.0 Å². The molecule has 0 spiro atoms. The van der Waals surface area contributed by atoms with Crippen molar-refractivity contribution in [3.05, 3.63) is 40.0 Å². The molecule has 0 atom stereocenters. The van der Waals surface area contributed by atoms with E-state index in [-0.39, 0.29) is 29.2 Å². The third-order valence-corrected chi connectivity index (χ3v) is 7.34. The van der Waals surface area contributed by atoms with Gasteiger partial charge in [-0.2, -0.15) is 18.2 Å². The lowest BCUT2D eigenvalue weighted by Gasteiger charge is -2.34. The van der Waals surface area contributed by atoms with Gasteiger partial charge in [-0.05, 0) is 69.4 Å². The molecule has 2 aliphatic carbocycles. The number of hydrogen-bond donors (Lipinski definition) is 2. The minimum absolute atomic E-state index is 0.00491. The Labute approximate surface area is 214 Å². The van der Waals surface area contributed by atoms with Gasteiger partial charge >= 0.3 is 12.2 Å². The number of nitrogens with two attached hydrogens (primary N) is 1. The zero-order valence-electron chi connectivity index (χ0n) is 20.5. The summed E-state index contributed by atoms with van der Waals surface area (Å²) in [4.78, 5) is 24.7. The fraction of sp³-hybridized carbons (Fsp3) is 0.560. The van der Waals surface area contributed by atoms with Crippen LogP contribution in [0.4, 0.5) is 35.4 Å². The molecular weight excluding hydrogens is 493 g/mol. The lowest BCUT2D eigenvalue weighted by atomic mass is 9.85. The van der Waals surface area contributed by atoms with E-state index >= 15 is 0 Å². The molecule has 36 heavy (non-hydrogen) atoms. The van der Waals surface area contributed by atoms with E-state index < -0.39 is 17.8 Å². The fourth-order valence-corrected chi connectivity index (χ4v) is 5.53. The molecule has 1 saturated carbocycles. The molecule has 3 N–H and O–H groups in total. The maximum absolute atomic E-state index is 13.6. The number of halogens is 4. The number of aromatic nitrogens is 2. The highest BCUT2D eigenvalue weighted by Gasteiger charge is 2.38. The van der Waals surface area contributed by atoms with Gasteiger partial charge in [-0.1, -0.05) is 17.7 Å². The number of rotatable bonds is 6. The zero-order valence-corrected chi connectivity index (χ0v) is 21.3. The Kier molecular flexibility index (Phi) is 7.82. The molecule has 0 saturated heterocycles. The molecule has 11 heteroatoms. The van der Waals surface area contributed by atoms with Crippen LogP contribution in [-0.4, -0.2) is 42.7 Å². The van der Waals surface area contributed by atoms with Gasteiger partial charge in [-0.15, -0.1) is 0 Å². The molecule has 0 bridgehead atoms. The largest absolute Gasteiger partial charge is 0.418 e. The lowest BCUT2D eigenvalue weighted by molar-refractivity contribution is -0.137. The minimum Gasteiger partial charge on any atom is -0.362 e. The van der Waals surface area contributed by atoms with E-state index in [1.54, 1.807) is 0 Å². The number of anilines is 3. The number of nitrogens with zero attached hydrogens (tertiary/aromatic N) is 4. The summed E-state index contributed by atoms with van der Waals surface area (Å²) in [6, 6.07) is 2.66. The summed E-state index contributed by atoms with van der Waals surface area (Å²) >= 11 is 6.11. The first-order valence-corrected chi connectivity index (χ1v) is 12.7. The van der Waals surface area contributed by atoms with E-state index in [4.69, 9.17) is 27.3 Å². The molecule has 2 amide bonds. The first-order valence-electron chi connectivity index (χ1n) is 12.3. The maximum atomic E-state index is 13.6. The molecule has 1 fully saturated rings. The zero-order chi connectivity index (χ0) is 26.0. The van der Waals surface area contributed by atoms with E-state index in [2.05, 4.69) is 5.32 Å². The summed E-state index contributed by atoms with van der Waals surface area (Å²) in [5.41, 5.74) is 6.51. The number of primary amides is 1. The maximum Gasteiger partial charge on any atom is 0.418 e. The number of para-hydroxylation sites is 1. The third kappa shape index (κ3) is 5.79. The Hall–Kier alpha value is -2.75. The number of urea groups is 1. The van der Waals surface area contributed by atoms with Crippen molar-refractivity contribution in [2.75, 3.05) is 35.8 Å². The average Bonchev–Trinajstić information content (AvgIpc) is 2.82. The molecule has 1 aromatic carbocycles. The van der Waals surface area contributed by atoms with Gasteiger partial charge in [-0.25, -0.2) is 9.78 Å². The van der Waals surface area contributed by atoms with Crippen LogP contribution in [0, 0.1) is 5.92 Å². The quantitative estimate of drug-likeness (QED) is 0.510. The van der Waals surface area contributed by atoms with Crippen molar-refractivity contribution in [3.8, 4) is 0 Å². The normalized spacial score (nSPS) is 19.9. The average molecular weight is 525 g/mol. The van der Waals surface area contributed by atoms with Crippen LogP contribution >= 0.6 is 11.6 Å². The summed E-state index contributed by atoms with van der Waals surface area (Å²) in [7, 11) is 3.97. The second-order valence-corrected chi connectivity index (χ2v) is 10.2. The number of carbonyl (C=O) groups excluding carboxylic acids is 1. The molecule has 1 heterocycles. The van der Waals surface area contributed by atoms with Crippen LogP contribution in [0.5, 0.6) is 0 Å². The number of fused-ring (bicyclic) bond motifs is 1. The SMILES string of the molecule is CN(C)c1nc(NC2CCC(CN(C(N)=O)c3c(Cl)cccc3C(F)(F)F)CC2)nc2c1CCCC2. The number of benzene rings is 1. The number of alkyl halides is 3. The van der Waals surface area contributed by atoms with Crippen LogP contribution < -0.4 is 20.9 Å². The molecule has 2 aromatic rings. The van der Waals surface area contributed by atoms with Crippen molar-refractivity contribution >= 4 is 35.1 Å². The number of amides is 2. The fourth-order valence-electron chi connectivity index (χ4n) is 5.25. The summed E-state index contributed by atoms with van der Waals surface area (Å²) in [6.07, 6.45) is 2.56. The highest BCUT2D eigenvalue weighted by molar-refractivity contribution is 6.34. The van der Waals surface area contributed by atoms with Gasteiger partial charge < -0.3 is 16.0 Å². The molecule has 7 nitrogen and oxygen atoms in total. The highest BCUT2D eigenvalue weighted by atomic mass is 35.5. The second kappa shape index (κ2) is 10.7. The molecule has 2 aliphatic rings. The van der Waals surface area contributed by atoms with E-state index in [9.17, 15) is 18.0 Å². The van der Waals surface area contributed by atoms with E-state index in [1.165, 1.54) is 17.7 Å². The Morgan fingerprint density at radius 3 is 2.47 bits per heavy atom. The monoisotopic (exact) mass is 524 g/mol. The second-order valence-electron chi connectivity index (χ2n) is 9.84. The molecular formula is C25H32ClF3N6O. The van der Waals surface area contributed by atoms with E-state index in [1.807, 2.05) is 19.0 Å². The van der Waals surface area contributed by atoms with Gasteiger partial charge in [0.15, 0.2) is 0 Å². The Balaban J connectivity index is 1.44. The van der Waals surface area contributed by atoms with Gasteiger partial charge in [-0.3, -0.25) is 4.90 Å². The predicted molar refractivity (Wildman–Crippen MR) is 136 cm³/mol. The third-order valence-electron chi connectivity index (χ3n) is 7.03. The van der Waals surface area contributed by atoms with Gasteiger partial charge in [0.1, 0.15) is 5.82 Å². The number of nitrogens with one attached hydrogen (secondary N) is 1. The Morgan fingerprint density at radius 1 is 1.14 bits per heavy atom. The van der Waals surface area contributed by atoms with E-state index in [0.29, 0.717) is 5.95 Å². The molecule has 1 aromatic heterocycles. The topological polar surface area (TPSA) is 87.4 Å². The molecule has 0 unspecified atom stereocenters. The summed E-state index contributed by atoms with van der Waals surface area (Å²) in [5, 5.41) is 3.32. The van der Waals surface area contributed by atoms with Crippen LogP contribution in [0.1, 0.15) is 55.3 Å². The molecule has 0 radical (unpaired) electrons. The van der Waals surface area contributed by atoms with Crippen molar-refractivity contribution in [1.82, 2.24) is 9.97 Å². The number of hydrogen-bond acceptors (Lipinski definition) is 5. The van der Waals surface area contributed by atoms with Crippen molar-refractivity contribution in [2.45, 2.75) is 63.6 Å². The number of carbonyl (C=O) groups is 1. The summed E-state index contributed by atoms with van der Waals surface area (Å²) in [6.45, 7) is 0.0784. The minimum atomic E-state index is -4.66. The van der Waals surface area contributed by atoms with Gasteiger partial charge in [0.2, 0.25) is 5.95 Å². The lowest BCUT2D eigenvalue weighted by Crippen LogP contribution is -2.42. The van der Waals surface area contributed by atoms with Crippen LogP contribution in [0.25, 0.3) is 0 Å². The summed E-state index contributed by atoms with van der Waals surface area (Å²) < 4.78 is 40.8. The van der Waals surface area contributed by atoms with Crippen LogP contribution in [0.2, 0.25) is 5.02 Å². The molecule has 0 aliphatic heterocycles. The Bertz CT molecular complexity index is 1100. The first kappa shape index (κ1) is 26.3. The first-order chi connectivity index (χ1) is 17.0. The van der Waals surface area contributed by atoms with Gasteiger partial charge in [0, 0.05) is 32.2 Å². The van der Waals surface area contributed by atoms with Crippen molar-refractivity contribution in [3.63, 3.8) is 0 Å². The smallest absolute Gasteiger partial charge is 0.362 e. The molecule has 4 rings (SSSR count). The summed E-state index contributed by atoms with van der Waals surface area (Å²) in [5.74, 6) is 1.57.